The van der Waals surface area contributed by atoms with E-state index in [1.165, 1.54) is 42.6 Å². The van der Waals surface area contributed by atoms with Gasteiger partial charge in [0.15, 0.2) is 0 Å². The van der Waals surface area contributed by atoms with Crippen LogP contribution in [-0.2, 0) is 0 Å². The molecule has 0 atom stereocenters. The predicted octanol–water partition coefficient (Wildman–Crippen LogP) is 9.76. The molecule has 0 aliphatic heterocycles. The van der Waals surface area contributed by atoms with Gasteiger partial charge < -0.3 is 0 Å². The molecule has 11 rings (SSSR count). The Morgan fingerprint density at radius 1 is 0.373 bits per heavy atom. The van der Waals surface area contributed by atoms with Crippen LogP contribution < -0.4 is 31.8 Å². The van der Waals surface area contributed by atoms with Crippen molar-refractivity contribution in [3.63, 3.8) is 0 Å². The van der Waals surface area contributed by atoms with E-state index < -0.39 is 11.0 Å². The second-order valence-electron chi connectivity index (χ2n) is 14.9. The number of benzene rings is 8. The van der Waals surface area contributed by atoms with Crippen molar-refractivity contribution in [2.45, 2.75) is 0 Å². The van der Waals surface area contributed by atoms with E-state index in [9.17, 15) is 0 Å². The van der Waals surface area contributed by atoms with Gasteiger partial charge >= 0.3 is 342 Å². The third-order valence-electron chi connectivity index (χ3n) is 11.6. The average Bonchev–Trinajstić information content (AvgIpc) is 3.71. The fourth-order valence-electron chi connectivity index (χ4n) is 8.65. The van der Waals surface area contributed by atoms with Crippen molar-refractivity contribution in [1.82, 2.24) is 14.4 Å². The molecule has 0 N–H and O–H groups in total. The van der Waals surface area contributed by atoms with Crippen molar-refractivity contribution < 1.29 is 0 Å². The van der Waals surface area contributed by atoms with E-state index in [0.29, 0.717) is 0 Å². The number of rotatable bonds is 7. The molecule has 0 aliphatic carbocycles. The Hall–Kier alpha value is -5.46. The van der Waals surface area contributed by atoms with Crippen LogP contribution in [0.15, 0.2) is 212 Å². The van der Waals surface area contributed by atoms with Crippen LogP contribution in [0, 0.1) is 0 Å². The summed E-state index contributed by atoms with van der Waals surface area (Å²) in [5.74, 6) is 0. The predicted molar refractivity (Wildman–Crippen MR) is 257 cm³/mol. The van der Waals surface area contributed by atoms with Crippen molar-refractivity contribution in [2.24, 2.45) is 0 Å². The van der Waals surface area contributed by atoms with Gasteiger partial charge in [-0.05, 0) is 6.07 Å². The first-order chi connectivity index (χ1) is 29.0. The van der Waals surface area contributed by atoms with Crippen molar-refractivity contribution in [2.75, 3.05) is 0 Å². The summed E-state index contributed by atoms with van der Waals surface area (Å²) in [5.41, 5.74) is 3.08. The molecular formula is C52H35N3P2Se2. The van der Waals surface area contributed by atoms with Crippen LogP contribution in [-0.4, -0.2) is 44.6 Å². The van der Waals surface area contributed by atoms with Gasteiger partial charge in [0.1, 0.15) is 0 Å². The van der Waals surface area contributed by atoms with E-state index in [0.717, 1.165) is 49.6 Å². The van der Waals surface area contributed by atoms with E-state index in [2.05, 4.69) is 240 Å². The third-order valence-corrected chi connectivity index (χ3v) is 25.6. The first kappa shape index (κ1) is 36.6. The minimum atomic E-state index is -2.16. The van der Waals surface area contributed by atoms with Gasteiger partial charge in [0.05, 0.1) is 0 Å². The fourth-order valence-corrected chi connectivity index (χ4v) is 18.5. The normalized spacial score (nSPS) is 12.2. The van der Waals surface area contributed by atoms with Crippen molar-refractivity contribution >= 4 is 122 Å². The van der Waals surface area contributed by atoms with Gasteiger partial charge in [-0.25, -0.2) is 0 Å². The van der Waals surface area contributed by atoms with Gasteiger partial charge in [-0.2, -0.15) is 0 Å². The average molecular weight is 922 g/mol. The van der Waals surface area contributed by atoms with Gasteiger partial charge in [-0.15, -0.1) is 0 Å². The molecule has 7 heteroatoms. The second kappa shape index (κ2) is 14.7. The van der Waals surface area contributed by atoms with Crippen molar-refractivity contribution in [3.05, 3.63) is 212 Å². The van der Waals surface area contributed by atoms with Crippen LogP contribution >= 0.6 is 11.0 Å². The quantitative estimate of drug-likeness (QED) is 0.0907. The van der Waals surface area contributed by atoms with Gasteiger partial charge in [-0.3, -0.25) is 0 Å². The molecule has 3 nitrogen and oxygen atoms in total. The van der Waals surface area contributed by atoms with E-state index in [-0.39, 0.29) is 0 Å². The molecule has 3 heterocycles. The summed E-state index contributed by atoms with van der Waals surface area (Å²) in [6, 6.07) is 75.4. The Morgan fingerprint density at radius 3 is 1.49 bits per heavy atom. The summed E-state index contributed by atoms with van der Waals surface area (Å²) >= 11 is 7.59. The summed E-state index contributed by atoms with van der Waals surface area (Å²) in [6.45, 7) is 0. The molecule has 11 aromatic rings. The zero-order chi connectivity index (χ0) is 39.6. The monoisotopic (exact) mass is 923 g/mol. The number of aromatic nitrogens is 3. The van der Waals surface area contributed by atoms with Gasteiger partial charge in [-0.1, -0.05) is 6.07 Å². The molecular weight excluding hydrogens is 886 g/mol. The molecule has 59 heavy (non-hydrogen) atoms. The SMILES string of the molecule is [Se]=P(c1ccccc1)(c1ccccc1)c1ccc2c3ccc(P(=[Se])(c4ccccc4)c4ccccc4)cc3n3c4cc(-c5ccc6cccnc6c5)ccc4nc3c2c1. The van der Waals surface area contributed by atoms with E-state index >= 15 is 0 Å². The number of imidazole rings is 1. The Kier molecular flexibility index (Phi) is 9.10. The van der Waals surface area contributed by atoms with Crippen LogP contribution in [0.1, 0.15) is 0 Å². The molecule has 0 unspecified atom stereocenters. The van der Waals surface area contributed by atoms with Crippen LogP contribution in [0.4, 0.5) is 0 Å². The van der Waals surface area contributed by atoms with Crippen LogP contribution in [0.2, 0.25) is 0 Å². The molecule has 8 aromatic carbocycles. The minimum absolute atomic E-state index is 0.954. The first-order valence-corrected chi connectivity index (χ1v) is 27.6. The zero-order valence-corrected chi connectivity index (χ0v) is 37.0. The number of pyridine rings is 2. The number of fused-ring (bicyclic) bond motifs is 9. The standard InChI is InChI=1S/C52H35N3P2Se2/c58-56(39-15-5-1-6-16-39,40-17-7-2-8-18-40)43-26-28-45-46-29-27-44(57(59,41-19-9-3-10-20-41)42-21-11-4-12-22-42)35-50(46)55-51-33-38(25-30-48(51)54-52(55)47(45)34-43)37-24-23-36-14-13-31-53-49(36)32-37/h1-35H. The van der Waals surface area contributed by atoms with Crippen LogP contribution in [0.25, 0.3) is 60.4 Å². The number of hydrogen-bond acceptors (Lipinski definition) is 2. The fraction of sp³-hybridized carbons (Fsp3) is 0. The first-order valence-electron chi connectivity index (χ1n) is 19.6. The van der Waals surface area contributed by atoms with Gasteiger partial charge in [0, 0.05) is 6.20 Å². The summed E-state index contributed by atoms with van der Waals surface area (Å²) < 4.78 is 2.42. The zero-order valence-electron chi connectivity index (χ0n) is 31.8. The molecule has 280 valence electrons. The van der Waals surface area contributed by atoms with E-state index in [1.807, 2.05) is 12.3 Å². The maximum atomic E-state index is 5.51. The van der Waals surface area contributed by atoms with E-state index in [4.69, 9.17) is 4.98 Å². The summed E-state index contributed by atoms with van der Waals surface area (Å²) in [5, 5.41) is 12.4. The summed E-state index contributed by atoms with van der Waals surface area (Å²) in [7, 11) is 0. The molecule has 3 aromatic heterocycles. The molecule has 0 fully saturated rings. The van der Waals surface area contributed by atoms with E-state index in [1.54, 1.807) is 0 Å². The maximum absolute atomic E-state index is 5.51. The van der Waals surface area contributed by atoms with Gasteiger partial charge in [0.2, 0.25) is 0 Å². The Bertz CT molecular complexity index is 3410. The number of hydrogen-bond donors (Lipinski definition) is 0. The Balaban J connectivity index is 1.23. The Labute approximate surface area is 357 Å². The molecule has 0 radical (unpaired) electrons. The molecule has 0 saturated carbocycles. The molecule has 0 spiro atoms. The topological polar surface area (TPSA) is 30.2 Å². The molecule has 0 amide bonds. The number of nitrogens with zero attached hydrogens (tertiary/aromatic N) is 3. The van der Waals surface area contributed by atoms with Crippen LogP contribution in [0.3, 0.4) is 0 Å². The molecule has 0 aliphatic rings. The third kappa shape index (κ3) is 6.00. The molecule has 0 bridgehead atoms. The summed E-state index contributed by atoms with van der Waals surface area (Å²) in [4.78, 5) is 10.2. The van der Waals surface area contributed by atoms with Gasteiger partial charge in [0.25, 0.3) is 0 Å². The second-order valence-corrected chi connectivity index (χ2v) is 27.3. The molecule has 0 saturated heterocycles. The van der Waals surface area contributed by atoms with Crippen molar-refractivity contribution in [1.29, 1.82) is 0 Å². The Morgan fingerprint density at radius 2 is 0.898 bits per heavy atom. The van der Waals surface area contributed by atoms with Crippen molar-refractivity contribution in [3.8, 4) is 11.1 Å². The summed E-state index contributed by atoms with van der Waals surface area (Å²) in [6.07, 6.45) is 1.86. The van der Waals surface area contributed by atoms with Crippen LogP contribution in [0.5, 0.6) is 0 Å².